The number of imidazole rings is 1. The van der Waals surface area contributed by atoms with Gasteiger partial charge in [0.05, 0.1) is 35.9 Å². The van der Waals surface area contributed by atoms with E-state index in [1.807, 2.05) is 0 Å². The molecule has 2 aliphatic rings. The fourth-order valence-electron chi connectivity index (χ4n) is 4.74. The van der Waals surface area contributed by atoms with Crippen molar-refractivity contribution in [3.63, 3.8) is 0 Å². The zero-order chi connectivity index (χ0) is 24.7. The van der Waals surface area contributed by atoms with Gasteiger partial charge >= 0.3 is 6.09 Å². The van der Waals surface area contributed by atoms with Crippen molar-refractivity contribution in [1.29, 1.82) is 0 Å². The smallest absolute Gasteiger partial charge is 0.405 e. The summed E-state index contributed by atoms with van der Waals surface area (Å²) in [4.78, 5) is 28.0. The fraction of sp³-hybridized carbons (Fsp3) is 0.619. The Kier molecular flexibility index (Phi) is 6.30. The molecule has 0 aromatic carbocycles. The van der Waals surface area contributed by atoms with Crippen LogP contribution < -0.4 is 16.0 Å². The van der Waals surface area contributed by atoms with Crippen molar-refractivity contribution in [2.24, 2.45) is 11.8 Å². The van der Waals surface area contributed by atoms with Crippen LogP contribution in [-0.2, 0) is 11.2 Å². The van der Waals surface area contributed by atoms with E-state index in [1.165, 1.54) is 10.7 Å². The molecule has 2 aromatic rings. The maximum atomic E-state index is 13.8. The number of carboxylic acid groups (broad SMARTS) is 1. The summed E-state index contributed by atoms with van der Waals surface area (Å²) in [7, 11) is 1.62. The molecule has 0 radical (unpaired) electrons. The van der Waals surface area contributed by atoms with Crippen molar-refractivity contribution in [3.8, 4) is 0 Å². The summed E-state index contributed by atoms with van der Waals surface area (Å²) in [6.07, 6.45) is -0.806. The predicted octanol–water partition coefficient (Wildman–Crippen LogP) is 3.22. The third-order valence-electron chi connectivity index (χ3n) is 6.52. The molecule has 186 valence electrons. The van der Waals surface area contributed by atoms with Gasteiger partial charge in [0.15, 0.2) is 5.65 Å². The molecule has 34 heavy (non-hydrogen) atoms. The minimum absolute atomic E-state index is 0.0322. The monoisotopic (exact) mass is 486 g/mol. The van der Waals surface area contributed by atoms with Crippen molar-refractivity contribution in [2.45, 2.75) is 56.4 Å². The second-order valence-corrected chi connectivity index (χ2v) is 9.02. The Bertz CT molecular complexity index is 1080. The highest BCUT2D eigenvalue weighted by Gasteiger charge is 2.41. The van der Waals surface area contributed by atoms with E-state index in [-0.39, 0.29) is 38.0 Å². The van der Waals surface area contributed by atoms with Crippen LogP contribution >= 0.6 is 0 Å². The Morgan fingerprint density at radius 3 is 2.65 bits per heavy atom. The first-order chi connectivity index (χ1) is 16.0. The van der Waals surface area contributed by atoms with E-state index in [2.05, 4.69) is 26.0 Å². The largest absolute Gasteiger partial charge is 0.465 e. The van der Waals surface area contributed by atoms with Crippen LogP contribution in [0.4, 0.5) is 28.0 Å². The standard InChI is InChI=1S/C21H26F4N6O3/c1-26-13-7-16-28-15(17(29-19(33)34)11-2-4-20(22,23)5-3-11)9-31(16)30-14(13)6-12-8-21(24,25)10-27-18(12)32/h7,9,11-12,17,26,29H,2-6,8,10H2,1H3,(H,27,32)(H,33,34). The van der Waals surface area contributed by atoms with Crippen LogP contribution in [-0.4, -0.2) is 57.1 Å². The van der Waals surface area contributed by atoms with E-state index < -0.39 is 48.8 Å². The van der Waals surface area contributed by atoms with Gasteiger partial charge in [-0.2, -0.15) is 5.10 Å². The number of aromatic nitrogens is 3. The highest BCUT2D eigenvalue weighted by atomic mass is 19.3. The number of hydrogen-bond donors (Lipinski definition) is 4. The van der Waals surface area contributed by atoms with Gasteiger partial charge in [0.2, 0.25) is 11.8 Å². The number of piperidine rings is 1. The normalized spacial score (nSPS) is 23.3. The third kappa shape index (κ3) is 5.17. The maximum absolute atomic E-state index is 13.8. The number of hydrogen-bond acceptors (Lipinski definition) is 5. The number of nitrogens with one attached hydrogen (secondary N) is 3. The average molecular weight is 486 g/mol. The summed E-state index contributed by atoms with van der Waals surface area (Å²) in [6, 6.07) is 0.817. The second kappa shape index (κ2) is 8.91. The first-order valence-electron chi connectivity index (χ1n) is 11.1. The Labute approximate surface area is 192 Å². The number of halogens is 4. The van der Waals surface area contributed by atoms with Crippen molar-refractivity contribution in [1.82, 2.24) is 25.2 Å². The highest BCUT2D eigenvalue weighted by molar-refractivity contribution is 5.80. The quantitative estimate of drug-likeness (QED) is 0.466. The van der Waals surface area contributed by atoms with Gasteiger partial charge in [-0.15, -0.1) is 0 Å². The Morgan fingerprint density at radius 1 is 1.29 bits per heavy atom. The molecule has 3 heterocycles. The van der Waals surface area contributed by atoms with Crippen LogP contribution in [0.25, 0.3) is 5.65 Å². The van der Waals surface area contributed by atoms with Gasteiger partial charge in [0.1, 0.15) is 0 Å². The molecule has 2 amide bonds. The molecular formula is C21H26F4N6O3. The molecule has 2 fully saturated rings. The van der Waals surface area contributed by atoms with E-state index in [1.54, 1.807) is 13.1 Å². The van der Waals surface area contributed by atoms with Gasteiger partial charge in [0.25, 0.3) is 5.92 Å². The SMILES string of the molecule is CNc1cc2nc(C(NC(=O)O)C3CCC(F)(F)CC3)cn2nc1CC1CC(F)(F)CNC1=O. The Balaban J connectivity index is 1.63. The second-order valence-electron chi connectivity index (χ2n) is 9.02. The Hall–Kier alpha value is -3.12. The van der Waals surface area contributed by atoms with Crippen LogP contribution in [0.2, 0.25) is 0 Å². The average Bonchev–Trinajstić information content (AvgIpc) is 3.16. The number of carbonyl (C=O) groups is 2. The summed E-state index contributed by atoms with van der Waals surface area (Å²) >= 11 is 0. The lowest BCUT2D eigenvalue weighted by molar-refractivity contribution is -0.136. The van der Waals surface area contributed by atoms with E-state index in [0.29, 0.717) is 22.7 Å². The van der Waals surface area contributed by atoms with E-state index in [9.17, 15) is 32.3 Å². The summed E-state index contributed by atoms with van der Waals surface area (Å²) in [5.41, 5.74) is 1.55. The topological polar surface area (TPSA) is 121 Å². The summed E-state index contributed by atoms with van der Waals surface area (Å²) in [5, 5.41) is 21.3. The molecule has 2 atom stereocenters. The number of alkyl halides is 4. The first-order valence-corrected chi connectivity index (χ1v) is 11.1. The van der Waals surface area contributed by atoms with E-state index in [4.69, 9.17) is 0 Å². The highest BCUT2D eigenvalue weighted by Crippen LogP contribution is 2.41. The number of amides is 2. The van der Waals surface area contributed by atoms with Crippen molar-refractivity contribution < 1.29 is 32.3 Å². The zero-order valence-corrected chi connectivity index (χ0v) is 18.5. The van der Waals surface area contributed by atoms with E-state index in [0.717, 1.165) is 0 Å². The first kappa shape index (κ1) is 24.0. The minimum Gasteiger partial charge on any atom is -0.465 e. The van der Waals surface area contributed by atoms with Gasteiger partial charge in [-0.05, 0) is 18.8 Å². The molecular weight excluding hydrogens is 460 g/mol. The van der Waals surface area contributed by atoms with Gasteiger partial charge in [-0.1, -0.05) is 0 Å². The molecule has 9 nitrogen and oxygen atoms in total. The lowest BCUT2D eigenvalue weighted by Gasteiger charge is -2.32. The summed E-state index contributed by atoms with van der Waals surface area (Å²) < 4.78 is 56.3. The maximum Gasteiger partial charge on any atom is 0.405 e. The number of fused-ring (bicyclic) bond motifs is 1. The lowest BCUT2D eigenvalue weighted by atomic mass is 9.81. The van der Waals surface area contributed by atoms with E-state index >= 15 is 0 Å². The molecule has 0 bridgehead atoms. The molecule has 4 rings (SSSR count). The molecule has 1 aliphatic carbocycles. The molecule has 1 saturated carbocycles. The summed E-state index contributed by atoms with van der Waals surface area (Å²) in [5.74, 6) is -7.56. The van der Waals surface area contributed by atoms with Gasteiger partial charge in [-0.25, -0.2) is 31.9 Å². The fourth-order valence-corrected chi connectivity index (χ4v) is 4.74. The number of anilines is 1. The Morgan fingerprint density at radius 2 is 2.00 bits per heavy atom. The third-order valence-corrected chi connectivity index (χ3v) is 6.52. The zero-order valence-electron chi connectivity index (χ0n) is 18.5. The molecule has 13 heteroatoms. The van der Waals surface area contributed by atoms with Crippen LogP contribution in [0.15, 0.2) is 12.3 Å². The van der Waals surface area contributed by atoms with Gasteiger partial charge in [-0.3, -0.25) is 4.79 Å². The molecule has 1 saturated heterocycles. The van der Waals surface area contributed by atoms with Gasteiger partial charge in [0, 0.05) is 44.7 Å². The molecule has 2 aromatic heterocycles. The van der Waals surface area contributed by atoms with Gasteiger partial charge < -0.3 is 21.1 Å². The van der Waals surface area contributed by atoms with Crippen molar-refractivity contribution in [2.75, 3.05) is 18.9 Å². The minimum atomic E-state index is -3.00. The number of rotatable bonds is 6. The molecule has 2 unspecified atom stereocenters. The number of nitrogens with zero attached hydrogens (tertiary/aromatic N) is 3. The van der Waals surface area contributed by atoms with Crippen LogP contribution in [0.1, 0.15) is 49.5 Å². The number of carbonyl (C=O) groups excluding carboxylic acids is 1. The summed E-state index contributed by atoms with van der Waals surface area (Å²) in [6.45, 7) is -0.691. The van der Waals surface area contributed by atoms with Crippen LogP contribution in [0.5, 0.6) is 0 Å². The van der Waals surface area contributed by atoms with Crippen LogP contribution in [0.3, 0.4) is 0 Å². The molecule has 1 aliphatic heterocycles. The molecule has 0 spiro atoms. The van der Waals surface area contributed by atoms with Crippen LogP contribution in [0, 0.1) is 11.8 Å². The molecule has 4 N–H and O–H groups in total. The predicted molar refractivity (Wildman–Crippen MR) is 113 cm³/mol. The van der Waals surface area contributed by atoms with Crippen molar-refractivity contribution >= 4 is 23.3 Å². The lowest BCUT2D eigenvalue weighted by Crippen LogP contribution is -2.48. The van der Waals surface area contributed by atoms with Crippen molar-refractivity contribution in [3.05, 3.63) is 23.7 Å².